The molecule has 0 bridgehead atoms. The number of fused-ring (bicyclic) bond motifs is 3. The number of hydrogen-bond acceptors (Lipinski definition) is 3. The quantitative estimate of drug-likeness (QED) is 0.580. The first-order chi connectivity index (χ1) is 12.1. The maximum atomic E-state index is 12.7. The monoisotopic (exact) mass is 352 g/mol. The summed E-state index contributed by atoms with van der Waals surface area (Å²) < 4.78 is 33.1. The molecule has 3 aromatic carbocycles. The van der Waals surface area contributed by atoms with Crippen LogP contribution in [0.5, 0.6) is 5.75 Å². The van der Waals surface area contributed by atoms with Gasteiger partial charge in [-0.25, -0.2) is 8.42 Å². The van der Waals surface area contributed by atoms with Crippen molar-refractivity contribution in [3.8, 4) is 5.75 Å². The Labute approximate surface area is 145 Å². The van der Waals surface area contributed by atoms with Gasteiger partial charge >= 0.3 is 0 Å². The Bertz CT molecular complexity index is 1160. The second-order valence-corrected chi connectivity index (χ2v) is 7.36. The predicted molar refractivity (Wildman–Crippen MR) is 99.6 cm³/mol. The molecular formula is C19H16N2O3S. The van der Waals surface area contributed by atoms with Crippen LogP contribution in [0.3, 0.4) is 0 Å². The Morgan fingerprint density at radius 1 is 0.880 bits per heavy atom. The predicted octanol–water partition coefficient (Wildman–Crippen LogP) is 4.13. The van der Waals surface area contributed by atoms with Gasteiger partial charge in [0.1, 0.15) is 5.75 Å². The minimum Gasteiger partial charge on any atom is -0.497 e. The molecule has 0 saturated carbocycles. The van der Waals surface area contributed by atoms with Crippen LogP contribution >= 0.6 is 0 Å². The maximum Gasteiger partial charge on any atom is 0.261 e. The number of benzene rings is 3. The van der Waals surface area contributed by atoms with Crippen molar-refractivity contribution < 1.29 is 13.2 Å². The van der Waals surface area contributed by atoms with Crippen LogP contribution in [-0.2, 0) is 10.0 Å². The lowest BCUT2D eigenvalue weighted by Crippen LogP contribution is -2.13. The molecule has 0 atom stereocenters. The van der Waals surface area contributed by atoms with Gasteiger partial charge in [0.05, 0.1) is 23.2 Å². The van der Waals surface area contributed by atoms with Gasteiger partial charge in [0.2, 0.25) is 0 Å². The van der Waals surface area contributed by atoms with Gasteiger partial charge in [-0.15, -0.1) is 0 Å². The van der Waals surface area contributed by atoms with E-state index < -0.39 is 10.0 Å². The summed E-state index contributed by atoms with van der Waals surface area (Å²) in [4.78, 5) is 3.47. The number of methoxy groups -OCH3 is 1. The number of H-pyrrole nitrogens is 1. The average Bonchev–Trinajstić information content (AvgIpc) is 3.01. The number of sulfonamides is 1. The molecule has 0 aliphatic carbocycles. The van der Waals surface area contributed by atoms with Crippen LogP contribution in [0.1, 0.15) is 0 Å². The molecule has 5 nitrogen and oxygen atoms in total. The minimum absolute atomic E-state index is 0.182. The molecule has 0 spiro atoms. The highest BCUT2D eigenvalue weighted by Gasteiger charge is 2.17. The zero-order valence-electron chi connectivity index (χ0n) is 13.5. The SMILES string of the molecule is COc1ccc(S(=O)(=O)Nc2cccc3c2[nH]c2ccccc23)cc1. The maximum absolute atomic E-state index is 12.7. The molecule has 1 aromatic heterocycles. The Balaban J connectivity index is 1.79. The zero-order valence-corrected chi connectivity index (χ0v) is 14.3. The van der Waals surface area contributed by atoms with E-state index in [0.29, 0.717) is 11.4 Å². The van der Waals surface area contributed by atoms with Crippen molar-refractivity contribution in [1.29, 1.82) is 0 Å². The molecule has 126 valence electrons. The number of ether oxygens (including phenoxy) is 1. The van der Waals surface area contributed by atoms with E-state index in [2.05, 4.69) is 9.71 Å². The third-order valence-electron chi connectivity index (χ3n) is 4.16. The normalized spacial score (nSPS) is 11.7. The first-order valence-electron chi connectivity index (χ1n) is 7.75. The molecular weight excluding hydrogens is 336 g/mol. The summed E-state index contributed by atoms with van der Waals surface area (Å²) in [6.45, 7) is 0. The average molecular weight is 352 g/mol. The van der Waals surface area contributed by atoms with E-state index in [4.69, 9.17) is 4.74 Å². The number of rotatable bonds is 4. The lowest BCUT2D eigenvalue weighted by Gasteiger charge is -2.09. The standard InChI is InChI=1S/C19H16N2O3S/c1-24-13-9-11-14(12-10-13)25(22,23)21-18-8-4-6-16-15-5-2-3-7-17(15)20-19(16)18/h2-12,20-21H,1H3. The summed E-state index contributed by atoms with van der Waals surface area (Å²) in [5.41, 5.74) is 2.25. The van der Waals surface area contributed by atoms with Crippen LogP contribution in [0.4, 0.5) is 5.69 Å². The van der Waals surface area contributed by atoms with Gasteiger partial charge in [-0.2, -0.15) is 0 Å². The van der Waals surface area contributed by atoms with Crippen molar-refractivity contribution in [1.82, 2.24) is 4.98 Å². The van der Waals surface area contributed by atoms with Crippen LogP contribution < -0.4 is 9.46 Å². The number of aromatic nitrogens is 1. The van der Waals surface area contributed by atoms with Crippen molar-refractivity contribution >= 4 is 37.5 Å². The molecule has 0 radical (unpaired) electrons. The van der Waals surface area contributed by atoms with Crippen molar-refractivity contribution in [2.24, 2.45) is 0 Å². The van der Waals surface area contributed by atoms with Gasteiger partial charge in [-0.05, 0) is 36.4 Å². The molecule has 0 fully saturated rings. The summed E-state index contributed by atoms with van der Waals surface area (Å²) in [5, 5.41) is 2.04. The molecule has 0 aliphatic heterocycles. The topological polar surface area (TPSA) is 71.2 Å². The molecule has 6 heteroatoms. The largest absolute Gasteiger partial charge is 0.497 e. The fourth-order valence-electron chi connectivity index (χ4n) is 2.92. The van der Waals surface area contributed by atoms with Crippen LogP contribution in [0.2, 0.25) is 0 Å². The third kappa shape index (κ3) is 2.70. The van der Waals surface area contributed by atoms with E-state index in [0.717, 1.165) is 21.8 Å². The summed E-state index contributed by atoms with van der Waals surface area (Å²) in [5.74, 6) is 0.608. The number of nitrogens with one attached hydrogen (secondary N) is 2. The van der Waals surface area contributed by atoms with Gasteiger partial charge in [0, 0.05) is 16.3 Å². The smallest absolute Gasteiger partial charge is 0.261 e. The Kier molecular flexibility index (Phi) is 3.62. The van der Waals surface area contributed by atoms with E-state index in [1.165, 1.54) is 12.1 Å². The molecule has 0 unspecified atom stereocenters. The molecule has 1 heterocycles. The van der Waals surface area contributed by atoms with E-state index in [9.17, 15) is 8.42 Å². The van der Waals surface area contributed by atoms with Crippen molar-refractivity contribution in [3.63, 3.8) is 0 Å². The first-order valence-corrected chi connectivity index (χ1v) is 9.23. The minimum atomic E-state index is -3.69. The van der Waals surface area contributed by atoms with Gasteiger partial charge in [0.25, 0.3) is 10.0 Å². The molecule has 4 aromatic rings. The first kappa shape index (κ1) is 15.5. The highest BCUT2D eigenvalue weighted by molar-refractivity contribution is 7.92. The molecule has 0 amide bonds. The number of anilines is 1. The van der Waals surface area contributed by atoms with Crippen LogP contribution in [-0.4, -0.2) is 20.5 Å². The van der Waals surface area contributed by atoms with Crippen LogP contribution in [0.15, 0.2) is 71.6 Å². The molecule has 0 aliphatic rings. The van der Waals surface area contributed by atoms with E-state index in [-0.39, 0.29) is 4.90 Å². The number of aromatic amines is 1. The van der Waals surface area contributed by atoms with Crippen molar-refractivity contribution in [2.75, 3.05) is 11.8 Å². The molecule has 4 rings (SSSR count). The summed E-state index contributed by atoms with van der Waals surface area (Å²) in [6, 6.07) is 19.7. The van der Waals surface area contributed by atoms with Gasteiger partial charge in [-0.1, -0.05) is 30.3 Å². The lowest BCUT2D eigenvalue weighted by atomic mass is 10.1. The molecule has 0 saturated heterocycles. The van der Waals surface area contributed by atoms with Gasteiger partial charge in [0.15, 0.2) is 0 Å². The summed E-state index contributed by atoms with van der Waals surface area (Å²) in [6.07, 6.45) is 0. The molecule has 2 N–H and O–H groups in total. The van der Waals surface area contributed by atoms with Gasteiger partial charge in [-0.3, -0.25) is 4.72 Å². The van der Waals surface area contributed by atoms with E-state index in [1.54, 1.807) is 25.3 Å². The van der Waals surface area contributed by atoms with Crippen molar-refractivity contribution in [2.45, 2.75) is 4.90 Å². The van der Waals surface area contributed by atoms with Crippen LogP contribution in [0, 0.1) is 0 Å². The van der Waals surface area contributed by atoms with E-state index >= 15 is 0 Å². The summed E-state index contributed by atoms with van der Waals surface area (Å²) in [7, 11) is -2.15. The third-order valence-corrected chi connectivity index (χ3v) is 5.54. The van der Waals surface area contributed by atoms with Gasteiger partial charge < -0.3 is 9.72 Å². The fourth-order valence-corrected chi connectivity index (χ4v) is 3.99. The van der Waals surface area contributed by atoms with E-state index in [1.807, 2.05) is 36.4 Å². The highest BCUT2D eigenvalue weighted by Crippen LogP contribution is 2.31. The fraction of sp³-hybridized carbons (Fsp3) is 0.0526. The lowest BCUT2D eigenvalue weighted by molar-refractivity contribution is 0.414. The Hall–Kier alpha value is -2.99. The Morgan fingerprint density at radius 2 is 1.60 bits per heavy atom. The number of hydrogen-bond donors (Lipinski definition) is 2. The highest BCUT2D eigenvalue weighted by atomic mass is 32.2. The number of para-hydroxylation sites is 2. The van der Waals surface area contributed by atoms with Crippen LogP contribution in [0.25, 0.3) is 21.8 Å². The van der Waals surface area contributed by atoms with Crippen molar-refractivity contribution in [3.05, 3.63) is 66.7 Å². The molecule has 25 heavy (non-hydrogen) atoms. The second kappa shape index (κ2) is 5.82. The second-order valence-electron chi connectivity index (χ2n) is 5.68. The Morgan fingerprint density at radius 3 is 2.36 bits per heavy atom. The zero-order chi connectivity index (χ0) is 17.4. The summed E-state index contributed by atoms with van der Waals surface area (Å²) >= 11 is 0.